The number of hydrogen-bond acceptors (Lipinski definition) is 2. The van der Waals surface area contributed by atoms with Gasteiger partial charge in [0.15, 0.2) is 0 Å². The van der Waals surface area contributed by atoms with Crippen LogP contribution in [0.1, 0.15) is 52.4 Å². The first kappa shape index (κ1) is 14.4. The smallest absolute Gasteiger partial charge is 0.306 e. The highest BCUT2D eigenvalue weighted by molar-refractivity contribution is 5.82. The summed E-state index contributed by atoms with van der Waals surface area (Å²) in [6.45, 7) is 3.75. The molecule has 0 bridgehead atoms. The van der Waals surface area contributed by atoms with Crippen LogP contribution in [0.4, 0.5) is 0 Å². The zero-order chi connectivity index (χ0) is 14.0. The minimum absolute atomic E-state index is 0.162. The first-order valence-corrected chi connectivity index (χ1v) is 7.54. The molecule has 0 aliphatic heterocycles. The average Bonchev–Trinajstić information content (AvgIpc) is 2.83. The summed E-state index contributed by atoms with van der Waals surface area (Å²) < 4.78 is 0. The van der Waals surface area contributed by atoms with E-state index in [2.05, 4.69) is 5.32 Å². The van der Waals surface area contributed by atoms with Crippen LogP contribution in [-0.4, -0.2) is 23.0 Å². The maximum absolute atomic E-state index is 12.0. The molecule has 0 aromatic rings. The molecule has 2 rings (SSSR count). The average molecular weight is 267 g/mol. The zero-order valence-corrected chi connectivity index (χ0v) is 11.9. The van der Waals surface area contributed by atoms with E-state index in [1.54, 1.807) is 6.92 Å². The van der Waals surface area contributed by atoms with Crippen LogP contribution in [0.3, 0.4) is 0 Å². The summed E-state index contributed by atoms with van der Waals surface area (Å²) in [5, 5.41) is 11.9. The van der Waals surface area contributed by atoms with E-state index < -0.39 is 5.97 Å². The van der Waals surface area contributed by atoms with Gasteiger partial charge in [-0.1, -0.05) is 19.8 Å². The number of carboxylic acid groups (broad SMARTS) is 1. The minimum Gasteiger partial charge on any atom is -0.481 e. The number of hydrogen-bond donors (Lipinski definition) is 2. The van der Waals surface area contributed by atoms with Crippen LogP contribution in [0.2, 0.25) is 0 Å². The largest absolute Gasteiger partial charge is 0.481 e. The molecule has 108 valence electrons. The minimum atomic E-state index is -0.734. The summed E-state index contributed by atoms with van der Waals surface area (Å²) in [5.74, 6) is 0.828. The topological polar surface area (TPSA) is 66.4 Å². The van der Waals surface area contributed by atoms with E-state index in [1.807, 2.05) is 6.92 Å². The molecule has 0 spiro atoms. The number of amides is 1. The van der Waals surface area contributed by atoms with Crippen molar-refractivity contribution in [1.82, 2.24) is 5.32 Å². The Kier molecular flexibility index (Phi) is 4.48. The predicted molar refractivity (Wildman–Crippen MR) is 72.6 cm³/mol. The predicted octanol–water partition coefficient (Wildman–Crippen LogP) is 2.43. The summed E-state index contributed by atoms with van der Waals surface area (Å²) in [4.78, 5) is 22.7. The number of fused-ring (bicyclic) bond motifs is 1. The van der Waals surface area contributed by atoms with Gasteiger partial charge in [0.25, 0.3) is 0 Å². The van der Waals surface area contributed by atoms with Crippen molar-refractivity contribution in [1.29, 1.82) is 0 Å². The van der Waals surface area contributed by atoms with E-state index >= 15 is 0 Å². The van der Waals surface area contributed by atoms with Gasteiger partial charge in [0.1, 0.15) is 0 Å². The lowest BCUT2D eigenvalue weighted by Crippen LogP contribution is -2.34. The van der Waals surface area contributed by atoms with Crippen LogP contribution >= 0.6 is 0 Å². The highest BCUT2D eigenvalue weighted by Gasteiger charge is 2.56. The third kappa shape index (κ3) is 3.48. The van der Waals surface area contributed by atoms with Gasteiger partial charge < -0.3 is 10.4 Å². The van der Waals surface area contributed by atoms with Gasteiger partial charge in [0.2, 0.25) is 5.91 Å². The second kappa shape index (κ2) is 5.93. The van der Waals surface area contributed by atoms with Crippen molar-refractivity contribution < 1.29 is 14.7 Å². The van der Waals surface area contributed by atoms with Crippen molar-refractivity contribution in [2.75, 3.05) is 0 Å². The standard InChI is InChI=1S/C15H25NO3/c1-9(15(18)19)5-3-6-10(2)16-14(17)13-11-7-4-8-12(11)13/h9-13H,3-8H2,1-2H3,(H,16,17)(H,18,19). The van der Waals surface area contributed by atoms with Gasteiger partial charge in [-0.25, -0.2) is 0 Å². The fraction of sp³-hybridized carbons (Fsp3) is 0.867. The van der Waals surface area contributed by atoms with Crippen molar-refractivity contribution in [3.05, 3.63) is 0 Å². The molecule has 1 amide bonds. The van der Waals surface area contributed by atoms with Crippen molar-refractivity contribution in [3.8, 4) is 0 Å². The van der Waals surface area contributed by atoms with E-state index in [0.29, 0.717) is 18.3 Å². The van der Waals surface area contributed by atoms with Crippen LogP contribution < -0.4 is 5.32 Å². The number of carboxylic acids is 1. The summed E-state index contributed by atoms with van der Waals surface area (Å²) in [6.07, 6.45) is 6.16. The molecule has 0 radical (unpaired) electrons. The Labute approximate surface area is 115 Å². The van der Waals surface area contributed by atoms with Gasteiger partial charge in [-0.15, -0.1) is 0 Å². The van der Waals surface area contributed by atoms with Gasteiger partial charge in [-0.3, -0.25) is 9.59 Å². The molecule has 4 nitrogen and oxygen atoms in total. The third-order valence-corrected chi connectivity index (χ3v) is 4.79. The summed E-state index contributed by atoms with van der Waals surface area (Å²) in [6, 6.07) is 0.162. The Bertz CT molecular complexity index is 345. The Balaban J connectivity index is 1.60. The van der Waals surface area contributed by atoms with Gasteiger partial charge >= 0.3 is 5.97 Å². The van der Waals surface area contributed by atoms with E-state index in [0.717, 1.165) is 12.8 Å². The van der Waals surface area contributed by atoms with Crippen molar-refractivity contribution >= 4 is 11.9 Å². The zero-order valence-electron chi connectivity index (χ0n) is 11.9. The monoisotopic (exact) mass is 267 g/mol. The van der Waals surface area contributed by atoms with Crippen LogP contribution in [0, 0.1) is 23.7 Å². The molecule has 4 unspecified atom stereocenters. The molecule has 2 saturated carbocycles. The highest BCUT2D eigenvalue weighted by Crippen LogP contribution is 2.57. The number of carbonyl (C=O) groups is 2. The lowest BCUT2D eigenvalue weighted by molar-refractivity contribution is -0.141. The second-order valence-electron chi connectivity index (χ2n) is 6.36. The summed E-state index contributed by atoms with van der Waals surface area (Å²) in [5.41, 5.74) is 0. The first-order chi connectivity index (χ1) is 9.00. The third-order valence-electron chi connectivity index (χ3n) is 4.79. The SMILES string of the molecule is CC(CCCC(C)C(=O)O)NC(=O)C1C2CCCC21. The molecule has 4 atom stereocenters. The maximum Gasteiger partial charge on any atom is 0.306 e. The Hall–Kier alpha value is -1.06. The lowest BCUT2D eigenvalue weighted by atomic mass is 10.0. The van der Waals surface area contributed by atoms with Crippen molar-refractivity contribution in [2.24, 2.45) is 23.7 Å². The molecule has 19 heavy (non-hydrogen) atoms. The fourth-order valence-corrected chi connectivity index (χ4v) is 3.48. The van der Waals surface area contributed by atoms with Crippen LogP contribution in [0.15, 0.2) is 0 Å². The molecular formula is C15H25NO3. The van der Waals surface area contributed by atoms with Gasteiger partial charge in [-0.05, 0) is 44.4 Å². The van der Waals surface area contributed by atoms with E-state index in [1.165, 1.54) is 19.3 Å². The molecule has 0 heterocycles. The van der Waals surface area contributed by atoms with E-state index in [9.17, 15) is 9.59 Å². The number of rotatable bonds is 7. The van der Waals surface area contributed by atoms with Crippen molar-refractivity contribution in [3.63, 3.8) is 0 Å². The molecule has 2 aliphatic rings. The summed E-state index contributed by atoms with van der Waals surface area (Å²) >= 11 is 0. The first-order valence-electron chi connectivity index (χ1n) is 7.54. The molecule has 2 fully saturated rings. The molecule has 2 aliphatic carbocycles. The Morgan fingerprint density at radius 1 is 1.21 bits per heavy atom. The number of aliphatic carboxylic acids is 1. The van der Waals surface area contributed by atoms with Crippen LogP contribution in [0.25, 0.3) is 0 Å². The number of nitrogens with one attached hydrogen (secondary N) is 1. The summed E-state index contributed by atoms with van der Waals surface area (Å²) in [7, 11) is 0. The molecule has 0 saturated heterocycles. The fourth-order valence-electron chi connectivity index (χ4n) is 3.48. The van der Waals surface area contributed by atoms with Gasteiger partial charge in [0.05, 0.1) is 5.92 Å². The highest BCUT2D eigenvalue weighted by atomic mass is 16.4. The van der Waals surface area contributed by atoms with Crippen molar-refractivity contribution in [2.45, 2.75) is 58.4 Å². The van der Waals surface area contributed by atoms with E-state index in [-0.39, 0.29) is 23.8 Å². The normalized spacial score (nSPS) is 31.4. The number of carbonyl (C=O) groups excluding carboxylic acids is 1. The Morgan fingerprint density at radius 3 is 2.42 bits per heavy atom. The molecular weight excluding hydrogens is 242 g/mol. The lowest BCUT2D eigenvalue weighted by Gasteiger charge is -2.15. The van der Waals surface area contributed by atoms with E-state index in [4.69, 9.17) is 5.11 Å². The molecule has 0 aromatic heterocycles. The molecule has 0 aromatic carbocycles. The molecule has 2 N–H and O–H groups in total. The second-order valence-corrected chi connectivity index (χ2v) is 6.36. The van der Waals surface area contributed by atoms with Gasteiger partial charge in [0, 0.05) is 12.0 Å². The van der Waals surface area contributed by atoms with Gasteiger partial charge in [-0.2, -0.15) is 0 Å². The van der Waals surface area contributed by atoms with Crippen LogP contribution in [0.5, 0.6) is 0 Å². The molecule has 4 heteroatoms. The Morgan fingerprint density at radius 2 is 1.84 bits per heavy atom. The quantitative estimate of drug-likeness (QED) is 0.744. The van der Waals surface area contributed by atoms with Crippen LogP contribution in [-0.2, 0) is 9.59 Å². The maximum atomic E-state index is 12.0.